The zero-order valence-electron chi connectivity index (χ0n) is 14.0. The van der Waals surface area contributed by atoms with Crippen molar-refractivity contribution in [1.82, 2.24) is 9.21 Å². The van der Waals surface area contributed by atoms with E-state index in [-0.39, 0.29) is 12.0 Å². The Morgan fingerprint density at radius 2 is 2.17 bits per heavy atom. The van der Waals surface area contributed by atoms with Gasteiger partial charge in [-0.3, -0.25) is 0 Å². The monoisotopic (exact) mass is 360 g/mol. The van der Waals surface area contributed by atoms with Gasteiger partial charge in [-0.25, -0.2) is 13.2 Å². The number of carbonyl (C=O) groups is 1. The number of rotatable bonds is 4. The Bertz CT molecular complexity index is 635. The Morgan fingerprint density at radius 3 is 2.74 bits per heavy atom. The van der Waals surface area contributed by atoms with Crippen LogP contribution in [0.2, 0.25) is 0 Å². The summed E-state index contributed by atoms with van der Waals surface area (Å²) >= 11 is 1.21. The van der Waals surface area contributed by atoms with Crippen LogP contribution in [0, 0.1) is 5.92 Å². The van der Waals surface area contributed by atoms with E-state index in [2.05, 4.69) is 0 Å². The molecule has 0 unspecified atom stereocenters. The van der Waals surface area contributed by atoms with Gasteiger partial charge in [0.15, 0.2) is 0 Å². The summed E-state index contributed by atoms with van der Waals surface area (Å²) in [6, 6.07) is 3.34. The van der Waals surface area contributed by atoms with Crippen LogP contribution in [0.4, 0.5) is 4.79 Å². The van der Waals surface area contributed by atoms with Crippen LogP contribution in [0.25, 0.3) is 0 Å². The minimum Gasteiger partial charge on any atom is -0.444 e. The molecule has 23 heavy (non-hydrogen) atoms. The van der Waals surface area contributed by atoms with Crippen molar-refractivity contribution < 1.29 is 17.9 Å². The fourth-order valence-corrected chi connectivity index (χ4v) is 4.95. The van der Waals surface area contributed by atoms with Gasteiger partial charge < -0.3 is 9.64 Å². The number of thiophene rings is 1. The van der Waals surface area contributed by atoms with E-state index in [1.54, 1.807) is 29.5 Å². The van der Waals surface area contributed by atoms with Crippen molar-refractivity contribution in [2.45, 2.75) is 37.0 Å². The lowest BCUT2D eigenvalue weighted by molar-refractivity contribution is 0.0287. The topological polar surface area (TPSA) is 66.9 Å². The minimum absolute atomic E-state index is 0.127. The molecule has 2 heterocycles. The van der Waals surface area contributed by atoms with Gasteiger partial charge in [-0.2, -0.15) is 4.31 Å². The van der Waals surface area contributed by atoms with E-state index in [4.69, 9.17) is 4.74 Å². The van der Waals surface area contributed by atoms with Crippen LogP contribution >= 0.6 is 11.3 Å². The Hall–Kier alpha value is -1.12. The van der Waals surface area contributed by atoms with Crippen LogP contribution in [0.15, 0.2) is 21.7 Å². The fraction of sp³-hybridized carbons (Fsp3) is 0.667. The molecule has 1 amide bonds. The van der Waals surface area contributed by atoms with E-state index in [1.165, 1.54) is 15.6 Å². The molecule has 0 N–H and O–H groups in total. The molecule has 0 aliphatic carbocycles. The van der Waals surface area contributed by atoms with Crippen LogP contribution in [0.3, 0.4) is 0 Å². The molecule has 1 aliphatic heterocycles. The smallest absolute Gasteiger partial charge is 0.410 e. The second-order valence-electron chi connectivity index (χ2n) is 6.80. The highest BCUT2D eigenvalue weighted by Crippen LogP contribution is 2.24. The first kappa shape index (κ1) is 18.2. The number of hydrogen-bond acceptors (Lipinski definition) is 5. The number of nitrogens with zero attached hydrogens (tertiary/aromatic N) is 2. The first-order valence-electron chi connectivity index (χ1n) is 7.57. The third-order valence-electron chi connectivity index (χ3n) is 3.61. The standard InChI is InChI=1S/C15H24N2O4S2/c1-15(2,3)21-14(18)17-8-7-12(11-17)10-16(4)23(19,20)13-6-5-9-22-13/h5-6,9,12H,7-8,10-11H2,1-4H3/t12-/m0/s1. The molecule has 1 atom stereocenters. The minimum atomic E-state index is -3.43. The Balaban J connectivity index is 1.92. The average molecular weight is 361 g/mol. The lowest BCUT2D eigenvalue weighted by atomic mass is 10.1. The summed E-state index contributed by atoms with van der Waals surface area (Å²) in [5.41, 5.74) is -0.519. The van der Waals surface area contributed by atoms with E-state index in [9.17, 15) is 13.2 Å². The molecule has 0 saturated carbocycles. The van der Waals surface area contributed by atoms with Crippen molar-refractivity contribution in [2.24, 2.45) is 5.92 Å². The Morgan fingerprint density at radius 1 is 1.48 bits per heavy atom. The third-order valence-corrected chi connectivity index (χ3v) is 6.81. The normalized spacial score (nSPS) is 19.3. The average Bonchev–Trinajstić information content (AvgIpc) is 3.07. The van der Waals surface area contributed by atoms with Gasteiger partial charge in [-0.15, -0.1) is 11.3 Å². The maximum Gasteiger partial charge on any atom is 0.410 e. The third kappa shape index (κ3) is 4.68. The highest BCUT2D eigenvalue weighted by atomic mass is 32.2. The van der Waals surface area contributed by atoms with Crippen LogP contribution in [-0.2, 0) is 14.8 Å². The first-order chi connectivity index (χ1) is 10.6. The summed E-state index contributed by atoms with van der Waals surface area (Å²) in [5.74, 6) is 0.127. The highest BCUT2D eigenvalue weighted by molar-refractivity contribution is 7.91. The van der Waals surface area contributed by atoms with Gasteiger partial charge in [0.2, 0.25) is 0 Å². The Kier molecular flexibility index (Phi) is 5.37. The molecule has 8 heteroatoms. The molecule has 1 saturated heterocycles. The molecule has 0 radical (unpaired) electrons. The zero-order valence-corrected chi connectivity index (χ0v) is 15.6. The summed E-state index contributed by atoms with van der Waals surface area (Å²) in [5, 5.41) is 1.75. The van der Waals surface area contributed by atoms with Crippen molar-refractivity contribution >= 4 is 27.5 Å². The summed E-state index contributed by atoms with van der Waals surface area (Å²) in [7, 11) is -1.84. The summed E-state index contributed by atoms with van der Waals surface area (Å²) < 4.78 is 31.9. The maximum atomic E-state index is 12.4. The van der Waals surface area contributed by atoms with Gasteiger partial charge in [0.05, 0.1) is 0 Å². The molecular weight excluding hydrogens is 336 g/mol. The molecule has 2 rings (SSSR count). The first-order valence-corrected chi connectivity index (χ1v) is 9.89. The molecule has 0 aromatic carbocycles. The quantitative estimate of drug-likeness (QED) is 0.828. The van der Waals surface area contributed by atoms with Crippen molar-refractivity contribution in [3.8, 4) is 0 Å². The van der Waals surface area contributed by atoms with E-state index in [0.29, 0.717) is 23.8 Å². The molecule has 6 nitrogen and oxygen atoms in total. The summed E-state index contributed by atoms with van der Waals surface area (Å²) in [6.45, 7) is 7.03. The number of carbonyl (C=O) groups excluding carboxylic acids is 1. The van der Waals surface area contributed by atoms with E-state index >= 15 is 0 Å². The summed E-state index contributed by atoms with van der Waals surface area (Å²) in [6.07, 6.45) is 0.451. The lowest BCUT2D eigenvalue weighted by Gasteiger charge is -2.25. The van der Waals surface area contributed by atoms with Crippen molar-refractivity contribution in [2.75, 3.05) is 26.7 Å². The van der Waals surface area contributed by atoms with Crippen molar-refractivity contribution in [3.63, 3.8) is 0 Å². The molecule has 0 bridgehead atoms. The molecule has 130 valence electrons. The number of sulfonamides is 1. The lowest BCUT2D eigenvalue weighted by Crippen LogP contribution is -2.37. The van der Waals surface area contributed by atoms with Gasteiger partial charge in [-0.1, -0.05) is 6.07 Å². The zero-order chi connectivity index (χ0) is 17.3. The second kappa shape index (κ2) is 6.78. The van der Waals surface area contributed by atoms with E-state index < -0.39 is 15.6 Å². The molecule has 1 aromatic rings. The predicted molar refractivity (Wildman–Crippen MR) is 90.0 cm³/mol. The highest BCUT2D eigenvalue weighted by Gasteiger charge is 2.32. The van der Waals surface area contributed by atoms with E-state index in [1.807, 2.05) is 20.8 Å². The fourth-order valence-electron chi connectivity index (χ4n) is 2.50. The van der Waals surface area contributed by atoms with Crippen LogP contribution < -0.4 is 0 Å². The molecular formula is C15H24N2O4S2. The van der Waals surface area contributed by atoms with Gasteiger partial charge in [0.1, 0.15) is 9.81 Å². The number of amides is 1. The predicted octanol–water partition coefficient (Wildman–Crippen LogP) is 2.63. The molecule has 1 aliphatic rings. The number of likely N-dealkylation sites (tertiary alicyclic amines) is 1. The van der Waals surface area contributed by atoms with Gasteiger partial charge in [0, 0.05) is 26.7 Å². The second-order valence-corrected chi connectivity index (χ2v) is 10.0. The maximum absolute atomic E-state index is 12.4. The van der Waals surface area contributed by atoms with Crippen LogP contribution in [0.1, 0.15) is 27.2 Å². The van der Waals surface area contributed by atoms with Gasteiger partial charge in [-0.05, 0) is 44.6 Å². The van der Waals surface area contributed by atoms with E-state index in [0.717, 1.165) is 6.42 Å². The molecule has 0 spiro atoms. The molecule has 1 aromatic heterocycles. The Labute approximate surface area is 142 Å². The SMILES string of the molecule is CN(C[C@@H]1CCN(C(=O)OC(C)(C)C)C1)S(=O)(=O)c1cccs1. The number of hydrogen-bond donors (Lipinski definition) is 0. The van der Waals surface area contributed by atoms with Gasteiger partial charge >= 0.3 is 6.09 Å². The van der Waals surface area contributed by atoms with Crippen molar-refractivity contribution in [3.05, 3.63) is 17.5 Å². The van der Waals surface area contributed by atoms with Crippen molar-refractivity contribution in [1.29, 1.82) is 0 Å². The largest absolute Gasteiger partial charge is 0.444 e. The number of ether oxygens (including phenoxy) is 1. The molecule has 1 fully saturated rings. The van der Waals surface area contributed by atoms with Crippen LogP contribution in [-0.4, -0.2) is 56.0 Å². The van der Waals surface area contributed by atoms with Gasteiger partial charge in [0.25, 0.3) is 10.0 Å². The summed E-state index contributed by atoms with van der Waals surface area (Å²) in [4.78, 5) is 13.7. The van der Waals surface area contributed by atoms with Crippen LogP contribution in [0.5, 0.6) is 0 Å².